The van der Waals surface area contributed by atoms with Crippen molar-refractivity contribution >= 4 is 27.9 Å². The molecule has 0 aliphatic carbocycles. The summed E-state index contributed by atoms with van der Waals surface area (Å²) in [6.07, 6.45) is 3.04. The second kappa shape index (κ2) is 6.67. The molecule has 0 amide bonds. The van der Waals surface area contributed by atoms with Gasteiger partial charge in [-0.25, -0.2) is 9.97 Å². The van der Waals surface area contributed by atoms with E-state index in [2.05, 4.69) is 14.9 Å². The zero-order valence-corrected chi connectivity index (χ0v) is 15.0. The van der Waals surface area contributed by atoms with Crippen LogP contribution in [0.2, 0.25) is 0 Å². The van der Waals surface area contributed by atoms with Gasteiger partial charge in [-0.05, 0) is 36.5 Å². The number of nitrogens with zero attached hydrogens (tertiary/aromatic N) is 3. The van der Waals surface area contributed by atoms with Gasteiger partial charge >= 0.3 is 0 Å². The van der Waals surface area contributed by atoms with Crippen LogP contribution in [0.15, 0.2) is 65.3 Å². The van der Waals surface area contributed by atoms with Gasteiger partial charge in [-0.1, -0.05) is 42.5 Å². The van der Waals surface area contributed by atoms with Gasteiger partial charge in [-0.15, -0.1) is 0 Å². The van der Waals surface area contributed by atoms with Gasteiger partial charge in [-0.3, -0.25) is 0 Å². The smallest absolute Gasteiger partial charge is 0.196 e. The molecule has 0 spiro atoms. The molecule has 5 nitrogen and oxygen atoms in total. The van der Waals surface area contributed by atoms with Crippen molar-refractivity contribution in [2.75, 3.05) is 18.0 Å². The summed E-state index contributed by atoms with van der Waals surface area (Å²) in [6.45, 7) is 1.69. The molecule has 1 atom stereocenters. The zero-order valence-electron chi connectivity index (χ0n) is 15.0. The van der Waals surface area contributed by atoms with E-state index < -0.39 is 6.10 Å². The SMILES string of the molecule is O[C@H](c1ccccc1)C1CCN(c2ncnc3c2oc2ccccc23)CC1. The first-order valence-corrected chi connectivity index (χ1v) is 9.41. The maximum absolute atomic E-state index is 10.7. The first-order valence-electron chi connectivity index (χ1n) is 9.41. The number of rotatable bonds is 3. The molecule has 1 fully saturated rings. The Morgan fingerprint density at radius 3 is 2.52 bits per heavy atom. The largest absolute Gasteiger partial charge is 0.450 e. The third kappa shape index (κ3) is 2.84. The first-order chi connectivity index (χ1) is 13.3. The van der Waals surface area contributed by atoms with Crippen LogP contribution < -0.4 is 4.90 Å². The number of aliphatic hydroxyl groups excluding tert-OH is 1. The highest BCUT2D eigenvalue weighted by molar-refractivity contribution is 6.05. The van der Waals surface area contributed by atoms with Crippen LogP contribution in [0.3, 0.4) is 0 Å². The molecular formula is C22H21N3O2. The monoisotopic (exact) mass is 359 g/mol. The molecule has 3 heterocycles. The van der Waals surface area contributed by atoms with Gasteiger partial charge in [0.05, 0.1) is 6.10 Å². The molecule has 5 heteroatoms. The molecule has 1 saturated heterocycles. The highest BCUT2D eigenvalue weighted by Gasteiger charge is 2.28. The predicted octanol–water partition coefficient (Wildman–Crippen LogP) is 4.33. The second-order valence-corrected chi connectivity index (χ2v) is 7.15. The molecule has 0 unspecified atom stereocenters. The minimum atomic E-state index is -0.412. The Morgan fingerprint density at radius 1 is 0.963 bits per heavy atom. The Morgan fingerprint density at radius 2 is 1.70 bits per heavy atom. The van der Waals surface area contributed by atoms with E-state index >= 15 is 0 Å². The number of aromatic nitrogens is 2. The van der Waals surface area contributed by atoms with E-state index in [4.69, 9.17) is 4.42 Å². The second-order valence-electron chi connectivity index (χ2n) is 7.15. The molecule has 0 radical (unpaired) electrons. The number of hydrogen-bond acceptors (Lipinski definition) is 5. The Balaban J connectivity index is 1.40. The summed E-state index contributed by atoms with van der Waals surface area (Å²) < 4.78 is 6.06. The molecule has 1 aliphatic heterocycles. The number of furan rings is 1. The molecule has 2 aromatic carbocycles. The fourth-order valence-electron chi connectivity index (χ4n) is 4.09. The first kappa shape index (κ1) is 16.3. The number of hydrogen-bond donors (Lipinski definition) is 1. The number of benzene rings is 2. The highest BCUT2D eigenvalue weighted by atomic mass is 16.3. The molecule has 136 valence electrons. The van der Waals surface area contributed by atoms with Crippen molar-refractivity contribution in [2.24, 2.45) is 5.92 Å². The van der Waals surface area contributed by atoms with Crippen molar-refractivity contribution in [3.8, 4) is 0 Å². The summed E-state index contributed by atoms with van der Waals surface area (Å²) in [5.41, 5.74) is 3.45. The Hall–Kier alpha value is -2.92. The van der Waals surface area contributed by atoms with E-state index in [-0.39, 0.29) is 5.92 Å². The normalized spacial score (nSPS) is 16.9. The summed E-state index contributed by atoms with van der Waals surface area (Å²) in [4.78, 5) is 11.2. The van der Waals surface area contributed by atoms with Crippen LogP contribution in [0, 0.1) is 5.92 Å². The van der Waals surface area contributed by atoms with E-state index in [0.29, 0.717) is 0 Å². The number of fused-ring (bicyclic) bond motifs is 3. The zero-order chi connectivity index (χ0) is 18.2. The Kier molecular flexibility index (Phi) is 4.02. The fourth-order valence-corrected chi connectivity index (χ4v) is 4.09. The lowest BCUT2D eigenvalue weighted by Crippen LogP contribution is -2.36. The number of piperidine rings is 1. The molecule has 4 aromatic rings. The third-order valence-corrected chi connectivity index (χ3v) is 5.57. The van der Waals surface area contributed by atoms with Gasteiger partial charge < -0.3 is 14.4 Å². The number of aliphatic hydroxyl groups is 1. The van der Waals surface area contributed by atoms with Crippen LogP contribution in [0.1, 0.15) is 24.5 Å². The molecule has 27 heavy (non-hydrogen) atoms. The maximum atomic E-state index is 10.7. The molecule has 5 rings (SSSR count). The van der Waals surface area contributed by atoms with Crippen molar-refractivity contribution in [1.29, 1.82) is 0 Å². The standard InChI is InChI=1S/C22H21N3O2/c26-20(15-6-2-1-3-7-15)16-10-12-25(13-11-16)22-21-19(23-14-24-22)17-8-4-5-9-18(17)27-21/h1-9,14,16,20,26H,10-13H2/t20-/m1/s1. The molecule has 2 aromatic heterocycles. The van der Waals surface area contributed by atoms with E-state index in [1.165, 1.54) is 0 Å². The highest BCUT2D eigenvalue weighted by Crippen LogP contribution is 2.36. The summed E-state index contributed by atoms with van der Waals surface area (Å²) in [6, 6.07) is 17.9. The van der Waals surface area contributed by atoms with Crippen LogP contribution in [0.4, 0.5) is 5.82 Å². The third-order valence-electron chi connectivity index (χ3n) is 5.57. The van der Waals surface area contributed by atoms with Crippen LogP contribution >= 0.6 is 0 Å². The van der Waals surface area contributed by atoms with E-state index in [0.717, 1.165) is 59.4 Å². The van der Waals surface area contributed by atoms with Crippen molar-refractivity contribution in [3.63, 3.8) is 0 Å². The van der Waals surface area contributed by atoms with Crippen LogP contribution in [0.25, 0.3) is 22.1 Å². The fraction of sp³-hybridized carbons (Fsp3) is 0.273. The summed E-state index contributed by atoms with van der Waals surface area (Å²) in [5.74, 6) is 1.11. The van der Waals surface area contributed by atoms with Crippen molar-refractivity contribution < 1.29 is 9.52 Å². The van der Waals surface area contributed by atoms with Gasteiger partial charge in [0.1, 0.15) is 17.4 Å². The minimum Gasteiger partial charge on any atom is -0.450 e. The van der Waals surface area contributed by atoms with Gasteiger partial charge in [0.2, 0.25) is 0 Å². The number of para-hydroxylation sites is 1. The average Bonchev–Trinajstić information content (AvgIpc) is 3.13. The van der Waals surface area contributed by atoms with Crippen LogP contribution in [-0.4, -0.2) is 28.2 Å². The van der Waals surface area contributed by atoms with Crippen molar-refractivity contribution in [2.45, 2.75) is 18.9 Å². The molecule has 1 aliphatic rings. The minimum absolute atomic E-state index is 0.261. The lowest BCUT2D eigenvalue weighted by Gasteiger charge is -2.34. The molecular weight excluding hydrogens is 338 g/mol. The van der Waals surface area contributed by atoms with Crippen LogP contribution in [-0.2, 0) is 0 Å². The van der Waals surface area contributed by atoms with Crippen molar-refractivity contribution in [3.05, 3.63) is 66.5 Å². The summed E-state index contributed by atoms with van der Waals surface area (Å²) in [7, 11) is 0. The topological polar surface area (TPSA) is 62.4 Å². The lowest BCUT2D eigenvalue weighted by molar-refractivity contribution is 0.0929. The Bertz CT molecular complexity index is 1070. The van der Waals surface area contributed by atoms with E-state index in [1.807, 2.05) is 54.6 Å². The average molecular weight is 359 g/mol. The van der Waals surface area contributed by atoms with Gasteiger partial charge in [0.25, 0.3) is 0 Å². The molecule has 1 N–H and O–H groups in total. The summed E-state index contributed by atoms with van der Waals surface area (Å²) in [5, 5.41) is 11.7. The predicted molar refractivity (Wildman–Crippen MR) is 106 cm³/mol. The molecule has 0 saturated carbocycles. The van der Waals surface area contributed by atoms with Gasteiger partial charge in [0, 0.05) is 18.5 Å². The summed E-state index contributed by atoms with van der Waals surface area (Å²) >= 11 is 0. The van der Waals surface area contributed by atoms with Gasteiger partial charge in [0.15, 0.2) is 11.4 Å². The quantitative estimate of drug-likeness (QED) is 0.590. The maximum Gasteiger partial charge on any atom is 0.196 e. The van der Waals surface area contributed by atoms with E-state index in [9.17, 15) is 5.11 Å². The lowest BCUT2D eigenvalue weighted by atomic mass is 9.87. The van der Waals surface area contributed by atoms with Crippen LogP contribution in [0.5, 0.6) is 0 Å². The molecule has 0 bridgehead atoms. The Labute approximate surface area is 157 Å². The van der Waals surface area contributed by atoms with E-state index in [1.54, 1.807) is 6.33 Å². The number of anilines is 1. The van der Waals surface area contributed by atoms with Crippen molar-refractivity contribution in [1.82, 2.24) is 9.97 Å². The van der Waals surface area contributed by atoms with Gasteiger partial charge in [-0.2, -0.15) is 0 Å².